The van der Waals surface area contributed by atoms with Gasteiger partial charge in [0.25, 0.3) is 0 Å². The number of aliphatic hydroxyl groups excluding tert-OH is 1. The molecule has 0 aromatic heterocycles. The standard InChI is InChI=1S/C11H10O6/c12-8(13)4-6-2-1-3-7-10(6)17-9(14)5-16-11(7)15/h1-3,9,14H,4-5H2,(H,12,13). The van der Waals surface area contributed by atoms with Crippen molar-refractivity contribution in [1.29, 1.82) is 0 Å². The minimum Gasteiger partial charge on any atom is -0.481 e. The molecule has 17 heavy (non-hydrogen) atoms. The van der Waals surface area contributed by atoms with Gasteiger partial charge >= 0.3 is 11.9 Å². The van der Waals surface area contributed by atoms with Gasteiger partial charge in [0.2, 0.25) is 6.29 Å². The topological polar surface area (TPSA) is 93.1 Å². The fourth-order valence-corrected chi connectivity index (χ4v) is 1.58. The second kappa shape index (κ2) is 4.42. The summed E-state index contributed by atoms with van der Waals surface area (Å²) in [6, 6.07) is 4.53. The van der Waals surface area contributed by atoms with E-state index in [9.17, 15) is 14.7 Å². The Labute approximate surface area is 96.4 Å². The maximum atomic E-state index is 11.5. The summed E-state index contributed by atoms with van der Waals surface area (Å²) < 4.78 is 9.85. The van der Waals surface area contributed by atoms with E-state index in [-0.39, 0.29) is 24.3 Å². The summed E-state index contributed by atoms with van der Waals surface area (Å²) in [5.74, 6) is -1.61. The fraction of sp³-hybridized carbons (Fsp3) is 0.273. The Morgan fingerprint density at radius 2 is 2.24 bits per heavy atom. The van der Waals surface area contributed by atoms with Gasteiger partial charge in [-0.05, 0) is 6.07 Å². The van der Waals surface area contributed by atoms with Gasteiger partial charge in [-0.25, -0.2) is 4.79 Å². The van der Waals surface area contributed by atoms with E-state index in [1.165, 1.54) is 12.1 Å². The van der Waals surface area contributed by atoms with E-state index >= 15 is 0 Å². The van der Waals surface area contributed by atoms with Crippen LogP contribution in [0.4, 0.5) is 0 Å². The number of hydrogen-bond acceptors (Lipinski definition) is 5. The molecule has 0 saturated carbocycles. The molecule has 0 spiro atoms. The number of carbonyl (C=O) groups is 2. The first-order valence-electron chi connectivity index (χ1n) is 4.93. The molecule has 6 heteroatoms. The third-order valence-corrected chi connectivity index (χ3v) is 2.27. The molecular formula is C11H10O6. The fourth-order valence-electron chi connectivity index (χ4n) is 1.58. The number of fused-ring (bicyclic) bond motifs is 1. The molecule has 1 aromatic rings. The summed E-state index contributed by atoms with van der Waals surface area (Å²) in [5.41, 5.74) is 0.452. The van der Waals surface area contributed by atoms with E-state index < -0.39 is 18.2 Å². The number of para-hydroxylation sites is 1. The minimum atomic E-state index is -1.28. The molecule has 6 nitrogen and oxygen atoms in total. The minimum absolute atomic E-state index is 0.0740. The van der Waals surface area contributed by atoms with Crippen molar-refractivity contribution in [3.05, 3.63) is 29.3 Å². The van der Waals surface area contributed by atoms with Crippen LogP contribution < -0.4 is 4.74 Å². The van der Waals surface area contributed by atoms with Gasteiger partial charge in [-0.15, -0.1) is 0 Å². The smallest absolute Gasteiger partial charge is 0.342 e. The quantitative estimate of drug-likeness (QED) is 0.714. The van der Waals surface area contributed by atoms with Crippen LogP contribution in [0.3, 0.4) is 0 Å². The Kier molecular flexibility index (Phi) is 2.97. The maximum Gasteiger partial charge on any atom is 0.342 e. The highest BCUT2D eigenvalue weighted by Gasteiger charge is 2.25. The highest BCUT2D eigenvalue weighted by Crippen LogP contribution is 2.28. The number of hydrogen-bond donors (Lipinski definition) is 2. The monoisotopic (exact) mass is 238 g/mol. The van der Waals surface area contributed by atoms with E-state index in [0.717, 1.165) is 0 Å². The Hall–Kier alpha value is -2.08. The van der Waals surface area contributed by atoms with Crippen molar-refractivity contribution in [2.75, 3.05) is 6.61 Å². The zero-order valence-electron chi connectivity index (χ0n) is 8.75. The molecular weight excluding hydrogens is 228 g/mol. The number of carbonyl (C=O) groups excluding carboxylic acids is 1. The lowest BCUT2D eigenvalue weighted by Gasteiger charge is -2.12. The van der Waals surface area contributed by atoms with Gasteiger partial charge in [-0.1, -0.05) is 12.1 Å². The molecule has 1 unspecified atom stereocenters. The highest BCUT2D eigenvalue weighted by molar-refractivity contribution is 5.93. The molecule has 2 rings (SSSR count). The van der Waals surface area contributed by atoms with Crippen LogP contribution in [-0.4, -0.2) is 35.0 Å². The van der Waals surface area contributed by atoms with Crippen LogP contribution in [0, 0.1) is 0 Å². The van der Waals surface area contributed by atoms with Crippen LogP contribution in [0.5, 0.6) is 5.75 Å². The normalized spacial score (nSPS) is 18.6. The van der Waals surface area contributed by atoms with Gasteiger partial charge in [-0.2, -0.15) is 0 Å². The lowest BCUT2D eigenvalue weighted by atomic mass is 10.1. The van der Waals surface area contributed by atoms with Crippen molar-refractivity contribution in [1.82, 2.24) is 0 Å². The molecule has 1 aromatic carbocycles. The molecule has 90 valence electrons. The summed E-state index contributed by atoms with van der Waals surface area (Å²) in [6.45, 7) is -0.278. The van der Waals surface area contributed by atoms with E-state index in [1.54, 1.807) is 6.07 Å². The number of benzene rings is 1. The van der Waals surface area contributed by atoms with E-state index in [1.807, 2.05) is 0 Å². The van der Waals surface area contributed by atoms with E-state index in [2.05, 4.69) is 0 Å². The summed E-state index contributed by atoms with van der Waals surface area (Å²) in [7, 11) is 0. The second-order valence-corrected chi connectivity index (χ2v) is 3.54. The number of carboxylic acids is 1. The SMILES string of the molecule is O=C(O)Cc1cccc2c1OC(O)COC2=O. The Bertz CT molecular complexity index is 467. The molecule has 0 saturated heterocycles. The van der Waals surface area contributed by atoms with Crippen LogP contribution >= 0.6 is 0 Å². The van der Waals surface area contributed by atoms with E-state index in [0.29, 0.717) is 5.56 Å². The molecule has 0 bridgehead atoms. The average Bonchev–Trinajstić information content (AvgIpc) is 2.40. The summed E-state index contributed by atoms with van der Waals surface area (Å²) >= 11 is 0. The van der Waals surface area contributed by atoms with E-state index in [4.69, 9.17) is 14.6 Å². The van der Waals surface area contributed by atoms with Gasteiger partial charge in [0.15, 0.2) is 6.61 Å². The number of aliphatic carboxylic acids is 1. The van der Waals surface area contributed by atoms with Gasteiger partial charge in [0, 0.05) is 5.56 Å². The van der Waals surface area contributed by atoms with Crippen LogP contribution in [0.1, 0.15) is 15.9 Å². The summed E-state index contributed by atoms with van der Waals surface area (Å²) in [6.07, 6.45) is -1.57. The molecule has 0 aliphatic carbocycles. The Morgan fingerprint density at radius 3 is 2.94 bits per heavy atom. The zero-order chi connectivity index (χ0) is 12.4. The van der Waals surface area contributed by atoms with Crippen molar-refractivity contribution >= 4 is 11.9 Å². The largest absolute Gasteiger partial charge is 0.481 e. The van der Waals surface area contributed by atoms with Crippen LogP contribution in [-0.2, 0) is 16.0 Å². The molecule has 1 aliphatic rings. The lowest BCUT2D eigenvalue weighted by molar-refractivity contribution is -0.136. The third kappa shape index (κ3) is 2.36. The summed E-state index contributed by atoms with van der Waals surface area (Å²) in [5, 5.41) is 18.1. The molecule has 0 amide bonds. The molecule has 1 heterocycles. The number of esters is 1. The first-order valence-corrected chi connectivity index (χ1v) is 4.93. The number of ether oxygens (including phenoxy) is 2. The predicted molar refractivity (Wildman–Crippen MR) is 54.7 cm³/mol. The highest BCUT2D eigenvalue weighted by atomic mass is 16.6. The first kappa shape index (κ1) is 11.4. The predicted octanol–water partition coefficient (Wildman–Crippen LogP) is 0.181. The van der Waals surface area contributed by atoms with Crippen LogP contribution in [0.15, 0.2) is 18.2 Å². The van der Waals surface area contributed by atoms with Crippen LogP contribution in [0.2, 0.25) is 0 Å². The molecule has 2 N–H and O–H groups in total. The van der Waals surface area contributed by atoms with Crippen LogP contribution in [0.25, 0.3) is 0 Å². The average molecular weight is 238 g/mol. The van der Waals surface area contributed by atoms with Gasteiger partial charge in [0.05, 0.1) is 6.42 Å². The van der Waals surface area contributed by atoms with Crippen molar-refractivity contribution in [2.45, 2.75) is 12.7 Å². The number of carboxylic acid groups (broad SMARTS) is 1. The first-order chi connectivity index (χ1) is 8.08. The van der Waals surface area contributed by atoms with Gasteiger partial charge < -0.3 is 19.7 Å². The second-order valence-electron chi connectivity index (χ2n) is 3.54. The zero-order valence-corrected chi connectivity index (χ0v) is 8.75. The van der Waals surface area contributed by atoms with Gasteiger partial charge in [0.1, 0.15) is 11.3 Å². The lowest BCUT2D eigenvalue weighted by Crippen LogP contribution is -2.21. The van der Waals surface area contributed by atoms with Crippen molar-refractivity contribution in [3.8, 4) is 5.75 Å². The Balaban J connectivity index is 2.46. The Morgan fingerprint density at radius 1 is 1.47 bits per heavy atom. The molecule has 1 atom stereocenters. The van der Waals surface area contributed by atoms with Gasteiger partial charge in [-0.3, -0.25) is 4.79 Å². The molecule has 0 fully saturated rings. The van der Waals surface area contributed by atoms with Crippen molar-refractivity contribution < 1.29 is 29.3 Å². The third-order valence-electron chi connectivity index (χ3n) is 2.27. The number of cyclic esters (lactones) is 1. The van der Waals surface area contributed by atoms with Crippen molar-refractivity contribution in [2.24, 2.45) is 0 Å². The number of aliphatic hydroxyl groups is 1. The summed E-state index contributed by atoms with van der Waals surface area (Å²) in [4.78, 5) is 22.2. The molecule has 0 radical (unpaired) electrons. The maximum absolute atomic E-state index is 11.5. The van der Waals surface area contributed by atoms with Crippen molar-refractivity contribution in [3.63, 3.8) is 0 Å². The molecule has 1 aliphatic heterocycles. The number of rotatable bonds is 2.